The monoisotopic (exact) mass is 207 g/mol. The molecule has 0 radical (unpaired) electrons. The number of amidine groups is 1. The number of nitrogens with one attached hydrogen (secondary N) is 1. The summed E-state index contributed by atoms with van der Waals surface area (Å²) in [6.07, 6.45) is 3.63. The molecule has 0 bridgehead atoms. The first-order valence-corrected chi connectivity index (χ1v) is 5.66. The van der Waals surface area contributed by atoms with Crippen LogP contribution in [0.15, 0.2) is 29.5 Å². The van der Waals surface area contributed by atoms with Gasteiger partial charge in [0.15, 0.2) is 5.17 Å². The number of pyridine rings is 1. The molecule has 14 heavy (non-hydrogen) atoms. The average Bonchev–Trinajstić information content (AvgIpc) is 2.63. The second-order valence-corrected chi connectivity index (χ2v) is 4.35. The molecule has 1 aromatic heterocycles. The van der Waals surface area contributed by atoms with E-state index in [1.54, 1.807) is 18.0 Å². The topological polar surface area (TPSA) is 37.3 Å². The first-order chi connectivity index (χ1) is 6.84. The van der Waals surface area contributed by atoms with Gasteiger partial charge in [-0.2, -0.15) is 0 Å². The van der Waals surface area contributed by atoms with Crippen molar-refractivity contribution in [1.82, 2.24) is 10.3 Å². The van der Waals surface area contributed by atoms with E-state index < -0.39 is 0 Å². The fourth-order valence-electron chi connectivity index (χ4n) is 1.24. The number of aromatic nitrogens is 1. The number of thioether (sulfide) groups is 1. The van der Waals surface area contributed by atoms with Gasteiger partial charge in [-0.3, -0.25) is 9.98 Å². The van der Waals surface area contributed by atoms with Gasteiger partial charge in [0.25, 0.3) is 0 Å². The standard InChI is InChI=1S/C10H13N3S/c1-8-7-14-10(13-8)12-6-9-3-2-4-11-5-9/h2-5,8H,6-7H2,1H3,(H,12,13). The molecule has 74 valence electrons. The molecule has 0 amide bonds. The highest BCUT2D eigenvalue weighted by molar-refractivity contribution is 8.14. The normalized spacial score (nSPS) is 23.8. The average molecular weight is 207 g/mol. The number of nitrogens with zero attached hydrogens (tertiary/aromatic N) is 2. The van der Waals surface area contributed by atoms with Crippen LogP contribution in [0.2, 0.25) is 0 Å². The summed E-state index contributed by atoms with van der Waals surface area (Å²) in [6, 6.07) is 4.53. The Balaban J connectivity index is 1.94. The maximum atomic E-state index is 4.47. The molecular formula is C10H13N3S. The van der Waals surface area contributed by atoms with Gasteiger partial charge in [0.05, 0.1) is 6.54 Å². The third-order valence-corrected chi connectivity index (χ3v) is 3.16. The van der Waals surface area contributed by atoms with E-state index in [1.807, 2.05) is 18.3 Å². The van der Waals surface area contributed by atoms with Gasteiger partial charge in [-0.1, -0.05) is 17.8 Å². The molecular weight excluding hydrogens is 194 g/mol. The SMILES string of the molecule is CC1CSC(=NCc2cccnc2)N1. The van der Waals surface area contributed by atoms with E-state index in [-0.39, 0.29) is 0 Å². The predicted octanol–water partition coefficient (Wildman–Crippen LogP) is 1.66. The Labute approximate surface area is 88.0 Å². The van der Waals surface area contributed by atoms with Crippen molar-refractivity contribution in [2.45, 2.75) is 19.5 Å². The largest absolute Gasteiger partial charge is 0.362 e. The van der Waals surface area contributed by atoms with Crippen LogP contribution < -0.4 is 5.32 Å². The predicted molar refractivity (Wildman–Crippen MR) is 60.4 cm³/mol. The van der Waals surface area contributed by atoms with E-state index in [2.05, 4.69) is 22.2 Å². The van der Waals surface area contributed by atoms with Gasteiger partial charge in [0.1, 0.15) is 0 Å². The van der Waals surface area contributed by atoms with E-state index in [0.717, 1.165) is 23.0 Å². The zero-order valence-electron chi connectivity index (χ0n) is 8.10. The lowest BCUT2D eigenvalue weighted by Crippen LogP contribution is -2.23. The second-order valence-electron chi connectivity index (χ2n) is 3.34. The Morgan fingerprint density at radius 3 is 3.29 bits per heavy atom. The first-order valence-electron chi connectivity index (χ1n) is 4.67. The summed E-state index contributed by atoms with van der Waals surface area (Å²) in [5, 5.41) is 4.37. The molecule has 2 rings (SSSR count). The van der Waals surface area contributed by atoms with Crippen LogP contribution in [0.3, 0.4) is 0 Å². The molecule has 0 saturated carbocycles. The van der Waals surface area contributed by atoms with Crippen LogP contribution in [-0.4, -0.2) is 21.9 Å². The summed E-state index contributed by atoms with van der Waals surface area (Å²) in [6.45, 7) is 2.88. The summed E-state index contributed by atoms with van der Waals surface area (Å²) in [7, 11) is 0. The molecule has 1 unspecified atom stereocenters. The molecule has 3 nitrogen and oxygen atoms in total. The number of hydrogen-bond acceptors (Lipinski definition) is 3. The summed E-state index contributed by atoms with van der Waals surface area (Å²) < 4.78 is 0. The lowest BCUT2D eigenvalue weighted by atomic mass is 10.3. The van der Waals surface area contributed by atoms with Crippen molar-refractivity contribution in [3.63, 3.8) is 0 Å². The molecule has 4 heteroatoms. The van der Waals surface area contributed by atoms with Crippen molar-refractivity contribution < 1.29 is 0 Å². The molecule has 1 N–H and O–H groups in total. The molecule has 1 aromatic rings. The molecule has 1 aliphatic rings. The minimum atomic E-state index is 0.549. The number of aliphatic imine (C=N–C) groups is 1. The Morgan fingerprint density at radius 1 is 1.71 bits per heavy atom. The molecule has 1 aliphatic heterocycles. The quantitative estimate of drug-likeness (QED) is 0.801. The van der Waals surface area contributed by atoms with Crippen molar-refractivity contribution in [3.05, 3.63) is 30.1 Å². The van der Waals surface area contributed by atoms with Crippen LogP contribution in [0.4, 0.5) is 0 Å². The van der Waals surface area contributed by atoms with Crippen LogP contribution in [0, 0.1) is 0 Å². The van der Waals surface area contributed by atoms with Crippen molar-refractivity contribution in [2.24, 2.45) is 4.99 Å². The van der Waals surface area contributed by atoms with E-state index in [1.165, 1.54) is 0 Å². The van der Waals surface area contributed by atoms with Gasteiger partial charge in [0.2, 0.25) is 0 Å². The Morgan fingerprint density at radius 2 is 2.64 bits per heavy atom. The highest BCUT2D eigenvalue weighted by Gasteiger charge is 2.14. The molecule has 1 fully saturated rings. The van der Waals surface area contributed by atoms with E-state index >= 15 is 0 Å². The van der Waals surface area contributed by atoms with Crippen LogP contribution in [0.5, 0.6) is 0 Å². The molecule has 1 saturated heterocycles. The van der Waals surface area contributed by atoms with E-state index in [9.17, 15) is 0 Å². The zero-order chi connectivity index (χ0) is 9.80. The summed E-state index contributed by atoms with van der Waals surface area (Å²) >= 11 is 1.79. The van der Waals surface area contributed by atoms with Gasteiger partial charge >= 0.3 is 0 Å². The second kappa shape index (κ2) is 4.46. The van der Waals surface area contributed by atoms with Gasteiger partial charge in [-0.15, -0.1) is 0 Å². The third kappa shape index (κ3) is 2.48. The fourth-order valence-corrected chi connectivity index (χ4v) is 2.18. The maximum absolute atomic E-state index is 4.47. The highest BCUT2D eigenvalue weighted by Crippen LogP contribution is 2.13. The van der Waals surface area contributed by atoms with Gasteiger partial charge in [-0.25, -0.2) is 0 Å². The molecule has 2 heterocycles. The van der Waals surface area contributed by atoms with E-state index in [0.29, 0.717) is 6.04 Å². The number of rotatable bonds is 2. The third-order valence-electron chi connectivity index (χ3n) is 1.97. The van der Waals surface area contributed by atoms with Crippen LogP contribution in [0.1, 0.15) is 12.5 Å². The minimum Gasteiger partial charge on any atom is -0.362 e. The molecule has 0 spiro atoms. The maximum Gasteiger partial charge on any atom is 0.157 e. The summed E-state index contributed by atoms with van der Waals surface area (Å²) in [5.74, 6) is 1.12. The van der Waals surface area contributed by atoms with E-state index in [4.69, 9.17) is 0 Å². The van der Waals surface area contributed by atoms with Crippen molar-refractivity contribution in [2.75, 3.05) is 5.75 Å². The van der Waals surface area contributed by atoms with Crippen molar-refractivity contribution in [3.8, 4) is 0 Å². The van der Waals surface area contributed by atoms with Crippen molar-refractivity contribution >= 4 is 16.9 Å². The van der Waals surface area contributed by atoms with Crippen LogP contribution in [-0.2, 0) is 6.54 Å². The fraction of sp³-hybridized carbons (Fsp3) is 0.400. The minimum absolute atomic E-state index is 0.549. The van der Waals surface area contributed by atoms with Crippen molar-refractivity contribution in [1.29, 1.82) is 0 Å². The lowest BCUT2D eigenvalue weighted by molar-refractivity contribution is 0.764. The van der Waals surface area contributed by atoms with Gasteiger partial charge in [-0.05, 0) is 18.6 Å². The summed E-state index contributed by atoms with van der Waals surface area (Å²) in [4.78, 5) is 8.52. The highest BCUT2D eigenvalue weighted by atomic mass is 32.2. The van der Waals surface area contributed by atoms with Crippen LogP contribution >= 0.6 is 11.8 Å². The smallest absolute Gasteiger partial charge is 0.157 e. The number of hydrogen-bond donors (Lipinski definition) is 1. The Hall–Kier alpha value is -1.03. The Bertz CT molecular complexity index is 323. The zero-order valence-corrected chi connectivity index (χ0v) is 8.92. The summed E-state index contributed by atoms with van der Waals surface area (Å²) in [5.41, 5.74) is 1.15. The van der Waals surface area contributed by atoms with Gasteiger partial charge in [0, 0.05) is 24.2 Å². The Kier molecular flexibility index (Phi) is 3.03. The lowest BCUT2D eigenvalue weighted by Gasteiger charge is -2.00. The van der Waals surface area contributed by atoms with Gasteiger partial charge < -0.3 is 5.32 Å². The van der Waals surface area contributed by atoms with Crippen LogP contribution in [0.25, 0.3) is 0 Å². The molecule has 0 aromatic carbocycles. The molecule has 1 atom stereocenters. The first kappa shape index (κ1) is 9.52. The molecule has 0 aliphatic carbocycles.